The molecule has 0 fully saturated rings. The van der Waals surface area contributed by atoms with Crippen molar-refractivity contribution in [3.63, 3.8) is 0 Å². The Kier molecular flexibility index (Phi) is 5.40. The van der Waals surface area contributed by atoms with Gasteiger partial charge in [0.15, 0.2) is 6.10 Å². The van der Waals surface area contributed by atoms with Crippen molar-refractivity contribution >= 4 is 29.3 Å². The minimum Gasteiger partial charge on any atom is -0.495 e. The number of methoxy groups -OCH3 is 1. The van der Waals surface area contributed by atoms with Gasteiger partial charge in [-0.3, -0.25) is 0 Å². The quantitative estimate of drug-likeness (QED) is 0.644. The number of hydrogen-bond donors (Lipinski definition) is 4. The van der Waals surface area contributed by atoms with Gasteiger partial charge in [0.25, 0.3) is 0 Å². The largest absolute Gasteiger partial charge is 0.495 e. The molecule has 2 amide bonds. The van der Waals surface area contributed by atoms with Crippen LogP contribution in [0.5, 0.6) is 5.75 Å². The number of carbonyl (C=O) groups excluding carboxylic acids is 1. The van der Waals surface area contributed by atoms with Crippen LogP contribution in [0.1, 0.15) is 0 Å². The van der Waals surface area contributed by atoms with Gasteiger partial charge in [0, 0.05) is 11.8 Å². The van der Waals surface area contributed by atoms with Crippen molar-refractivity contribution < 1.29 is 24.5 Å². The zero-order chi connectivity index (χ0) is 14.4. The van der Waals surface area contributed by atoms with Gasteiger partial charge < -0.3 is 25.6 Å². The number of anilines is 1. The van der Waals surface area contributed by atoms with Crippen molar-refractivity contribution in [2.45, 2.75) is 6.10 Å². The first-order chi connectivity index (χ1) is 8.93. The fourth-order valence-electron chi connectivity index (χ4n) is 1.19. The molecule has 7 nitrogen and oxygen atoms in total. The standard InChI is InChI=1S/C11H13ClN2O5/c1-19-9-4-6(2-3-7(9)12)14-11(18)13-5-8(15)10(16)17/h2-4,8,15H,5H2,1H3,(H,16,17)(H2,13,14,18)/t8-/m0/s1. The highest BCUT2D eigenvalue weighted by Crippen LogP contribution is 2.27. The molecule has 1 aromatic rings. The third kappa shape index (κ3) is 4.65. The van der Waals surface area contributed by atoms with Gasteiger partial charge in [-0.05, 0) is 12.1 Å². The highest BCUT2D eigenvalue weighted by Gasteiger charge is 2.14. The molecule has 1 rings (SSSR count). The highest BCUT2D eigenvalue weighted by atomic mass is 35.5. The van der Waals surface area contributed by atoms with E-state index in [1.807, 2.05) is 0 Å². The van der Waals surface area contributed by atoms with Crippen molar-refractivity contribution in [3.05, 3.63) is 23.2 Å². The molecule has 0 spiro atoms. The first-order valence-electron chi connectivity index (χ1n) is 5.23. The summed E-state index contributed by atoms with van der Waals surface area (Å²) in [4.78, 5) is 21.8. The summed E-state index contributed by atoms with van der Waals surface area (Å²) in [6, 6.07) is 3.96. The maximum atomic E-state index is 11.4. The van der Waals surface area contributed by atoms with E-state index in [0.29, 0.717) is 16.5 Å². The topological polar surface area (TPSA) is 108 Å². The zero-order valence-electron chi connectivity index (χ0n) is 10.0. The predicted octanol–water partition coefficient (Wildman–Crippen LogP) is 0.916. The lowest BCUT2D eigenvalue weighted by Crippen LogP contribution is -2.38. The molecule has 104 valence electrons. The number of carbonyl (C=O) groups is 2. The number of carboxylic acids is 1. The molecule has 19 heavy (non-hydrogen) atoms. The number of ether oxygens (including phenoxy) is 1. The maximum absolute atomic E-state index is 11.4. The summed E-state index contributed by atoms with van der Waals surface area (Å²) < 4.78 is 4.98. The average molecular weight is 289 g/mol. The first-order valence-corrected chi connectivity index (χ1v) is 5.61. The van der Waals surface area contributed by atoms with E-state index in [9.17, 15) is 9.59 Å². The Morgan fingerprint density at radius 1 is 1.47 bits per heavy atom. The Labute approximate surface area is 114 Å². The monoisotopic (exact) mass is 288 g/mol. The van der Waals surface area contributed by atoms with Gasteiger partial charge in [-0.2, -0.15) is 0 Å². The van der Waals surface area contributed by atoms with Crippen molar-refractivity contribution in [1.82, 2.24) is 5.32 Å². The Bertz CT molecular complexity index is 480. The molecule has 0 aromatic heterocycles. The summed E-state index contributed by atoms with van der Waals surface area (Å²) in [6.07, 6.45) is -1.65. The van der Waals surface area contributed by atoms with Gasteiger partial charge >= 0.3 is 12.0 Å². The third-order valence-electron chi connectivity index (χ3n) is 2.15. The molecule has 1 aromatic carbocycles. The lowest BCUT2D eigenvalue weighted by Gasteiger charge is -2.10. The molecular weight excluding hydrogens is 276 g/mol. The van der Waals surface area contributed by atoms with E-state index < -0.39 is 24.6 Å². The van der Waals surface area contributed by atoms with Crippen LogP contribution >= 0.6 is 11.6 Å². The predicted molar refractivity (Wildman–Crippen MR) is 68.7 cm³/mol. The number of halogens is 1. The summed E-state index contributed by atoms with van der Waals surface area (Å²) in [5, 5.41) is 22.5. The molecule has 0 heterocycles. The number of carboxylic acid groups (broad SMARTS) is 1. The average Bonchev–Trinajstić information content (AvgIpc) is 2.38. The molecule has 0 radical (unpaired) electrons. The second-order valence-corrected chi connectivity index (χ2v) is 3.95. The van der Waals surface area contributed by atoms with E-state index in [-0.39, 0.29) is 0 Å². The number of urea groups is 1. The second kappa shape index (κ2) is 6.81. The Morgan fingerprint density at radius 2 is 2.16 bits per heavy atom. The fourth-order valence-corrected chi connectivity index (χ4v) is 1.38. The summed E-state index contributed by atoms with van der Waals surface area (Å²) in [5.41, 5.74) is 0.420. The molecule has 8 heteroatoms. The third-order valence-corrected chi connectivity index (χ3v) is 2.46. The van der Waals surface area contributed by atoms with Crippen molar-refractivity contribution in [1.29, 1.82) is 0 Å². The highest BCUT2D eigenvalue weighted by molar-refractivity contribution is 6.32. The van der Waals surface area contributed by atoms with Crippen LogP contribution in [-0.2, 0) is 4.79 Å². The number of aliphatic hydroxyl groups excluding tert-OH is 1. The van der Waals surface area contributed by atoms with Crippen LogP contribution < -0.4 is 15.4 Å². The minimum absolute atomic E-state index is 0.394. The lowest BCUT2D eigenvalue weighted by atomic mass is 10.3. The minimum atomic E-state index is -1.65. The molecule has 0 aliphatic rings. The number of nitrogens with one attached hydrogen (secondary N) is 2. The van der Waals surface area contributed by atoms with Crippen LogP contribution in [0.25, 0.3) is 0 Å². The SMILES string of the molecule is COc1cc(NC(=O)NC[C@H](O)C(=O)O)ccc1Cl. The summed E-state index contributed by atoms with van der Waals surface area (Å²) in [5.74, 6) is -1.02. The summed E-state index contributed by atoms with van der Waals surface area (Å²) >= 11 is 5.82. The van der Waals surface area contributed by atoms with Crippen LogP contribution in [0.2, 0.25) is 5.02 Å². The van der Waals surface area contributed by atoms with Gasteiger partial charge in [0.05, 0.1) is 18.7 Å². The summed E-state index contributed by atoms with van der Waals surface area (Å²) in [7, 11) is 1.44. The van der Waals surface area contributed by atoms with Gasteiger partial charge in [0.2, 0.25) is 0 Å². The van der Waals surface area contributed by atoms with E-state index >= 15 is 0 Å². The van der Waals surface area contributed by atoms with Gasteiger partial charge in [-0.1, -0.05) is 11.6 Å². The van der Waals surface area contributed by atoms with Gasteiger partial charge in [-0.25, -0.2) is 9.59 Å². The Morgan fingerprint density at radius 3 is 2.74 bits per heavy atom. The normalized spacial score (nSPS) is 11.5. The van der Waals surface area contributed by atoms with E-state index in [2.05, 4.69) is 10.6 Å². The first kappa shape index (κ1) is 15.1. The molecule has 0 aliphatic heterocycles. The van der Waals surface area contributed by atoms with E-state index in [1.54, 1.807) is 12.1 Å². The van der Waals surface area contributed by atoms with Gasteiger partial charge in [-0.15, -0.1) is 0 Å². The lowest BCUT2D eigenvalue weighted by molar-refractivity contribution is -0.146. The van der Waals surface area contributed by atoms with Gasteiger partial charge in [0.1, 0.15) is 5.75 Å². The zero-order valence-corrected chi connectivity index (χ0v) is 10.8. The summed E-state index contributed by atoms with van der Waals surface area (Å²) in [6.45, 7) is -0.397. The fraction of sp³-hybridized carbons (Fsp3) is 0.273. The van der Waals surface area contributed by atoms with Crippen LogP contribution in [-0.4, -0.2) is 42.0 Å². The molecule has 0 saturated heterocycles. The van der Waals surface area contributed by atoms with Crippen LogP contribution in [0.4, 0.5) is 10.5 Å². The Balaban J connectivity index is 2.55. The number of aliphatic carboxylic acids is 1. The van der Waals surface area contributed by atoms with E-state index in [1.165, 1.54) is 13.2 Å². The van der Waals surface area contributed by atoms with Crippen molar-refractivity contribution in [2.75, 3.05) is 19.0 Å². The number of aliphatic hydroxyl groups is 1. The number of rotatable bonds is 5. The van der Waals surface area contributed by atoms with E-state index in [4.69, 9.17) is 26.6 Å². The van der Waals surface area contributed by atoms with Crippen LogP contribution in [0.3, 0.4) is 0 Å². The molecule has 0 aliphatic carbocycles. The van der Waals surface area contributed by atoms with Crippen LogP contribution in [0.15, 0.2) is 18.2 Å². The van der Waals surface area contributed by atoms with Crippen molar-refractivity contribution in [2.24, 2.45) is 0 Å². The maximum Gasteiger partial charge on any atom is 0.334 e. The number of benzene rings is 1. The molecule has 1 atom stereocenters. The van der Waals surface area contributed by atoms with Crippen molar-refractivity contribution in [3.8, 4) is 5.75 Å². The Hall–Kier alpha value is -1.99. The smallest absolute Gasteiger partial charge is 0.334 e. The van der Waals surface area contributed by atoms with Crippen LogP contribution in [0, 0.1) is 0 Å². The molecule has 4 N–H and O–H groups in total. The van der Waals surface area contributed by atoms with E-state index in [0.717, 1.165) is 0 Å². The molecule has 0 bridgehead atoms. The molecule has 0 saturated carbocycles. The second-order valence-electron chi connectivity index (χ2n) is 3.54. The molecule has 0 unspecified atom stereocenters. The molecular formula is C11H13ClN2O5. The number of hydrogen-bond acceptors (Lipinski definition) is 4. The number of amides is 2.